The second-order valence-electron chi connectivity index (χ2n) is 4.07. The number of anilines is 1. The van der Waals surface area contributed by atoms with Crippen molar-refractivity contribution >= 4 is 46.6 Å². The lowest BCUT2D eigenvalue weighted by molar-refractivity contribution is -0.116. The Labute approximate surface area is 121 Å². The van der Waals surface area contributed by atoms with Gasteiger partial charge in [0.1, 0.15) is 0 Å². The van der Waals surface area contributed by atoms with E-state index in [1.54, 1.807) is 18.2 Å². The molecule has 1 aromatic rings. The van der Waals surface area contributed by atoms with Crippen molar-refractivity contribution in [2.75, 3.05) is 23.4 Å². The van der Waals surface area contributed by atoms with Gasteiger partial charge in [0.15, 0.2) is 0 Å². The van der Waals surface area contributed by atoms with Gasteiger partial charge in [0.25, 0.3) is 0 Å². The molecule has 2 N–H and O–H groups in total. The predicted molar refractivity (Wildman–Crippen MR) is 78.8 cm³/mol. The molecule has 1 atom stereocenters. The molecule has 1 unspecified atom stereocenters. The van der Waals surface area contributed by atoms with Gasteiger partial charge in [0, 0.05) is 30.5 Å². The van der Waals surface area contributed by atoms with Crippen molar-refractivity contribution in [2.45, 2.75) is 12.5 Å². The smallest absolute Gasteiger partial charge is 0.226 e. The summed E-state index contributed by atoms with van der Waals surface area (Å²) in [5.41, 5.74) is 0.495. The van der Waals surface area contributed by atoms with E-state index in [4.69, 9.17) is 23.2 Å². The number of halogens is 2. The molecule has 1 fully saturated rings. The molecule has 1 aliphatic heterocycles. The second kappa shape index (κ2) is 6.66. The van der Waals surface area contributed by atoms with Crippen LogP contribution in [0.2, 0.25) is 10.0 Å². The van der Waals surface area contributed by atoms with E-state index < -0.39 is 0 Å². The summed E-state index contributed by atoms with van der Waals surface area (Å²) in [7, 11) is 0. The SMILES string of the molecule is O=C(CC1CSCCN1)Nc1c(Cl)cccc1Cl. The van der Waals surface area contributed by atoms with E-state index in [9.17, 15) is 4.79 Å². The Hall–Kier alpha value is -0.420. The molecule has 0 aliphatic carbocycles. The summed E-state index contributed by atoms with van der Waals surface area (Å²) in [4.78, 5) is 11.9. The first-order valence-corrected chi connectivity index (χ1v) is 7.63. The number of hydrogen-bond donors (Lipinski definition) is 2. The van der Waals surface area contributed by atoms with Crippen LogP contribution in [0.25, 0.3) is 0 Å². The molecule has 0 bridgehead atoms. The average molecular weight is 305 g/mol. The molecular formula is C12H14Cl2N2OS. The largest absolute Gasteiger partial charge is 0.323 e. The molecule has 0 saturated carbocycles. The highest BCUT2D eigenvalue weighted by Gasteiger charge is 2.18. The summed E-state index contributed by atoms with van der Waals surface area (Å²) < 4.78 is 0. The van der Waals surface area contributed by atoms with Crippen molar-refractivity contribution in [1.82, 2.24) is 5.32 Å². The Morgan fingerprint density at radius 1 is 1.44 bits per heavy atom. The minimum atomic E-state index is -0.0648. The van der Waals surface area contributed by atoms with Gasteiger partial charge < -0.3 is 10.6 Å². The number of carbonyl (C=O) groups is 1. The molecule has 18 heavy (non-hydrogen) atoms. The van der Waals surface area contributed by atoms with Gasteiger partial charge in [0.2, 0.25) is 5.91 Å². The lowest BCUT2D eigenvalue weighted by Gasteiger charge is -2.22. The normalized spacial score (nSPS) is 19.6. The molecule has 1 amide bonds. The van der Waals surface area contributed by atoms with Crippen molar-refractivity contribution in [3.63, 3.8) is 0 Å². The third-order valence-electron chi connectivity index (χ3n) is 2.66. The monoisotopic (exact) mass is 304 g/mol. The van der Waals surface area contributed by atoms with Crippen molar-refractivity contribution in [3.05, 3.63) is 28.2 Å². The van der Waals surface area contributed by atoms with E-state index in [1.807, 2.05) is 11.8 Å². The topological polar surface area (TPSA) is 41.1 Å². The first-order valence-electron chi connectivity index (χ1n) is 5.72. The molecule has 0 radical (unpaired) electrons. The molecule has 0 spiro atoms. The summed E-state index contributed by atoms with van der Waals surface area (Å²) in [6.07, 6.45) is 0.439. The van der Waals surface area contributed by atoms with Gasteiger partial charge in [-0.15, -0.1) is 0 Å². The first kappa shape index (κ1) is 14.0. The van der Waals surface area contributed by atoms with Crippen LogP contribution in [0.1, 0.15) is 6.42 Å². The zero-order valence-electron chi connectivity index (χ0n) is 9.71. The van der Waals surface area contributed by atoms with Crippen LogP contribution in [-0.2, 0) is 4.79 Å². The summed E-state index contributed by atoms with van der Waals surface area (Å²) >= 11 is 13.9. The number of thioether (sulfide) groups is 1. The fraction of sp³-hybridized carbons (Fsp3) is 0.417. The van der Waals surface area contributed by atoms with Crippen molar-refractivity contribution in [2.24, 2.45) is 0 Å². The van der Waals surface area contributed by atoms with Gasteiger partial charge in [0.05, 0.1) is 15.7 Å². The molecule has 2 rings (SSSR count). The quantitative estimate of drug-likeness (QED) is 0.902. The van der Waals surface area contributed by atoms with Crippen LogP contribution in [0.15, 0.2) is 18.2 Å². The third-order valence-corrected chi connectivity index (χ3v) is 4.42. The number of benzene rings is 1. The predicted octanol–water partition coefficient (Wildman–Crippen LogP) is 3.03. The van der Waals surface area contributed by atoms with E-state index >= 15 is 0 Å². The van der Waals surface area contributed by atoms with Gasteiger partial charge >= 0.3 is 0 Å². The maximum Gasteiger partial charge on any atom is 0.226 e. The molecule has 3 nitrogen and oxygen atoms in total. The molecule has 1 heterocycles. The van der Waals surface area contributed by atoms with Crippen LogP contribution in [0.3, 0.4) is 0 Å². The van der Waals surface area contributed by atoms with Crippen LogP contribution in [0, 0.1) is 0 Å². The van der Waals surface area contributed by atoms with E-state index in [-0.39, 0.29) is 11.9 Å². The maximum absolute atomic E-state index is 11.9. The Morgan fingerprint density at radius 2 is 2.17 bits per heavy atom. The lowest BCUT2D eigenvalue weighted by Crippen LogP contribution is -2.39. The van der Waals surface area contributed by atoms with Gasteiger partial charge in [-0.1, -0.05) is 29.3 Å². The molecule has 0 aromatic heterocycles. The Balaban J connectivity index is 1.94. The molecule has 98 valence electrons. The number of para-hydroxylation sites is 1. The van der Waals surface area contributed by atoms with Gasteiger partial charge in [-0.05, 0) is 12.1 Å². The molecule has 1 aliphatic rings. The highest BCUT2D eigenvalue weighted by Crippen LogP contribution is 2.29. The van der Waals surface area contributed by atoms with Gasteiger partial charge in [-0.2, -0.15) is 11.8 Å². The van der Waals surface area contributed by atoms with E-state index in [0.717, 1.165) is 18.1 Å². The van der Waals surface area contributed by atoms with Crippen LogP contribution in [0.4, 0.5) is 5.69 Å². The van der Waals surface area contributed by atoms with Crippen molar-refractivity contribution in [1.29, 1.82) is 0 Å². The minimum Gasteiger partial charge on any atom is -0.323 e. The standard InChI is InChI=1S/C12H14Cl2N2OS/c13-9-2-1-3-10(14)12(9)16-11(17)6-8-7-18-5-4-15-8/h1-3,8,15H,4-7H2,(H,16,17). The Morgan fingerprint density at radius 3 is 2.78 bits per heavy atom. The van der Waals surface area contributed by atoms with Crippen LogP contribution < -0.4 is 10.6 Å². The highest BCUT2D eigenvalue weighted by molar-refractivity contribution is 7.99. The second-order valence-corrected chi connectivity index (χ2v) is 6.04. The molecule has 1 aromatic carbocycles. The number of amides is 1. The fourth-order valence-electron chi connectivity index (χ4n) is 1.78. The van der Waals surface area contributed by atoms with Crippen molar-refractivity contribution < 1.29 is 4.79 Å². The number of rotatable bonds is 3. The average Bonchev–Trinajstić information content (AvgIpc) is 2.35. The summed E-state index contributed by atoms with van der Waals surface area (Å²) in [6.45, 7) is 0.954. The Bertz CT molecular complexity index is 416. The van der Waals surface area contributed by atoms with E-state index in [0.29, 0.717) is 22.2 Å². The lowest BCUT2D eigenvalue weighted by atomic mass is 10.2. The number of carbonyl (C=O) groups excluding carboxylic acids is 1. The maximum atomic E-state index is 11.9. The molecule has 1 saturated heterocycles. The summed E-state index contributed by atoms with van der Waals surface area (Å²) in [5.74, 6) is 2.00. The van der Waals surface area contributed by atoms with Crippen LogP contribution >= 0.6 is 35.0 Å². The zero-order valence-corrected chi connectivity index (χ0v) is 12.0. The minimum absolute atomic E-state index is 0.0648. The zero-order chi connectivity index (χ0) is 13.0. The first-order chi connectivity index (χ1) is 8.66. The number of nitrogens with one attached hydrogen (secondary N) is 2. The van der Waals surface area contributed by atoms with Crippen LogP contribution in [0.5, 0.6) is 0 Å². The summed E-state index contributed by atoms with van der Waals surface area (Å²) in [5, 5.41) is 7.01. The van der Waals surface area contributed by atoms with Crippen molar-refractivity contribution in [3.8, 4) is 0 Å². The molecular weight excluding hydrogens is 291 g/mol. The van der Waals surface area contributed by atoms with Gasteiger partial charge in [-0.3, -0.25) is 4.79 Å². The van der Waals surface area contributed by atoms with Gasteiger partial charge in [-0.25, -0.2) is 0 Å². The highest BCUT2D eigenvalue weighted by atomic mass is 35.5. The summed E-state index contributed by atoms with van der Waals surface area (Å²) in [6, 6.07) is 5.39. The fourth-order valence-corrected chi connectivity index (χ4v) is 3.22. The third kappa shape index (κ3) is 3.79. The Kier molecular flexibility index (Phi) is 5.18. The van der Waals surface area contributed by atoms with Crippen LogP contribution in [-0.4, -0.2) is 30.0 Å². The number of hydrogen-bond acceptors (Lipinski definition) is 3. The van der Waals surface area contributed by atoms with E-state index in [1.165, 1.54) is 0 Å². The molecule has 6 heteroatoms. The van der Waals surface area contributed by atoms with E-state index in [2.05, 4.69) is 10.6 Å².